The fourth-order valence-corrected chi connectivity index (χ4v) is 2.27. The molecule has 114 valence electrons. The Kier molecular flexibility index (Phi) is 3.50. The molecule has 0 bridgehead atoms. The number of carbonyl (C=O) groups excluding carboxylic acids is 1. The van der Waals surface area contributed by atoms with E-state index in [4.69, 9.17) is 0 Å². The average Bonchev–Trinajstić information content (AvgIpc) is 3.00. The molecule has 0 radical (unpaired) electrons. The first kappa shape index (κ1) is 14.1. The van der Waals surface area contributed by atoms with Gasteiger partial charge in [-0.25, -0.2) is 19.4 Å². The number of pyridine rings is 1. The maximum absolute atomic E-state index is 11.5. The monoisotopic (exact) mass is 299 g/mol. The normalized spacial score (nSPS) is 10.9. The van der Waals surface area contributed by atoms with Crippen LogP contribution in [0, 0.1) is 6.92 Å². The number of nitrogens with one attached hydrogen (secondary N) is 2. The van der Waals surface area contributed by atoms with Crippen LogP contribution in [0.25, 0.3) is 17.0 Å². The number of hydrogen-bond donors (Lipinski definition) is 2. The van der Waals surface area contributed by atoms with E-state index >= 15 is 0 Å². The molecular weight excluding hydrogens is 282 g/mol. The molecule has 0 fully saturated rings. The summed E-state index contributed by atoms with van der Waals surface area (Å²) in [4.78, 5) is 20.3. The number of hydrogen-bond acceptors (Lipinski definition) is 4. The van der Waals surface area contributed by atoms with Crippen LogP contribution in [-0.2, 0) is 7.05 Å². The fraction of sp³-hybridized carbons (Fsp3) is 0.286. The van der Waals surface area contributed by atoms with E-state index in [1.54, 1.807) is 10.9 Å². The summed E-state index contributed by atoms with van der Waals surface area (Å²) in [7, 11) is 1.85. The van der Waals surface area contributed by atoms with Crippen LogP contribution >= 0.6 is 0 Å². The number of imidazole rings is 1. The second kappa shape index (κ2) is 5.47. The van der Waals surface area contributed by atoms with Gasteiger partial charge >= 0.3 is 6.03 Å². The van der Waals surface area contributed by atoms with E-state index in [1.165, 1.54) is 0 Å². The lowest BCUT2D eigenvalue weighted by atomic mass is 10.2. The Hall–Kier alpha value is -2.90. The molecule has 8 nitrogen and oxygen atoms in total. The van der Waals surface area contributed by atoms with Crippen LogP contribution in [0.4, 0.5) is 10.6 Å². The maximum Gasteiger partial charge on any atom is 0.320 e. The smallest absolute Gasteiger partial charge is 0.320 e. The van der Waals surface area contributed by atoms with E-state index in [0.717, 1.165) is 22.9 Å². The molecule has 0 atom stereocenters. The Bertz CT molecular complexity index is 833. The van der Waals surface area contributed by atoms with Crippen LogP contribution in [0.5, 0.6) is 0 Å². The van der Waals surface area contributed by atoms with Crippen molar-refractivity contribution < 1.29 is 4.79 Å². The van der Waals surface area contributed by atoms with Crippen LogP contribution in [0.15, 0.2) is 24.5 Å². The van der Waals surface area contributed by atoms with Crippen molar-refractivity contribution in [1.82, 2.24) is 29.5 Å². The molecular formula is C14H17N7O. The largest absolute Gasteiger partial charge is 0.338 e. The summed E-state index contributed by atoms with van der Waals surface area (Å²) in [6.07, 6.45) is 3.64. The van der Waals surface area contributed by atoms with Gasteiger partial charge in [-0.05, 0) is 26.0 Å². The highest BCUT2D eigenvalue weighted by molar-refractivity contribution is 5.88. The Morgan fingerprint density at radius 1 is 1.36 bits per heavy atom. The molecule has 22 heavy (non-hydrogen) atoms. The van der Waals surface area contributed by atoms with Crippen LogP contribution in [0.2, 0.25) is 0 Å². The summed E-state index contributed by atoms with van der Waals surface area (Å²) in [6, 6.07) is 3.58. The number of amides is 2. The third-order valence-corrected chi connectivity index (χ3v) is 3.17. The van der Waals surface area contributed by atoms with Crippen molar-refractivity contribution in [3.05, 3.63) is 30.4 Å². The lowest BCUT2D eigenvalue weighted by molar-refractivity contribution is 0.252. The van der Waals surface area contributed by atoms with Gasteiger partial charge in [0.15, 0.2) is 11.6 Å². The predicted octanol–water partition coefficient (Wildman–Crippen LogP) is 1.58. The van der Waals surface area contributed by atoms with E-state index in [-0.39, 0.29) is 6.03 Å². The van der Waals surface area contributed by atoms with Gasteiger partial charge in [0.1, 0.15) is 11.5 Å². The zero-order valence-electron chi connectivity index (χ0n) is 12.7. The summed E-state index contributed by atoms with van der Waals surface area (Å²) in [6.45, 7) is 4.28. The molecule has 0 aliphatic carbocycles. The number of rotatable bonds is 3. The minimum Gasteiger partial charge on any atom is -0.338 e. The van der Waals surface area contributed by atoms with Crippen molar-refractivity contribution >= 4 is 17.5 Å². The summed E-state index contributed by atoms with van der Waals surface area (Å²) in [5.41, 5.74) is 1.65. The molecule has 2 amide bonds. The number of anilines is 1. The van der Waals surface area contributed by atoms with Gasteiger partial charge in [-0.15, -0.1) is 0 Å². The molecule has 0 saturated carbocycles. The zero-order chi connectivity index (χ0) is 15.7. The first-order valence-corrected chi connectivity index (χ1v) is 6.98. The predicted molar refractivity (Wildman–Crippen MR) is 82.6 cm³/mol. The van der Waals surface area contributed by atoms with Gasteiger partial charge in [-0.3, -0.25) is 5.32 Å². The number of urea groups is 1. The van der Waals surface area contributed by atoms with Gasteiger partial charge in [0, 0.05) is 25.4 Å². The molecule has 3 rings (SSSR count). The highest BCUT2D eigenvalue weighted by Gasteiger charge is 2.10. The molecule has 3 aromatic heterocycles. The minimum atomic E-state index is -0.268. The van der Waals surface area contributed by atoms with Crippen molar-refractivity contribution in [1.29, 1.82) is 0 Å². The van der Waals surface area contributed by atoms with Gasteiger partial charge in [0.05, 0.1) is 6.20 Å². The van der Waals surface area contributed by atoms with E-state index in [0.29, 0.717) is 12.4 Å². The number of nitrogens with zero attached hydrogens (tertiary/aromatic N) is 5. The van der Waals surface area contributed by atoms with Gasteiger partial charge in [0.25, 0.3) is 0 Å². The number of aromatic nitrogens is 5. The molecule has 3 aromatic rings. The number of aryl methyl sites for hydroxylation is 2. The second-order valence-corrected chi connectivity index (χ2v) is 4.90. The lowest BCUT2D eigenvalue weighted by Gasteiger charge is -2.00. The minimum absolute atomic E-state index is 0.268. The maximum atomic E-state index is 11.5. The van der Waals surface area contributed by atoms with Crippen LogP contribution in [0.1, 0.15) is 12.7 Å². The first-order chi connectivity index (χ1) is 10.6. The third kappa shape index (κ3) is 2.62. The Morgan fingerprint density at radius 2 is 2.18 bits per heavy atom. The average molecular weight is 299 g/mol. The highest BCUT2D eigenvalue weighted by Crippen LogP contribution is 2.19. The van der Waals surface area contributed by atoms with Crippen LogP contribution in [-0.4, -0.2) is 36.7 Å². The molecule has 3 heterocycles. The zero-order valence-corrected chi connectivity index (χ0v) is 12.7. The third-order valence-electron chi connectivity index (χ3n) is 3.17. The number of fused-ring (bicyclic) bond motifs is 1. The van der Waals surface area contributed by atoms with Crippen molar-refractivity contribution in [2.24, 2.45) is 7.05 Å². The van der Waals surface area contributed by atoms with Gasteiger partial charge < -0.3 is 9.72 Å². The van der Waals surface area contributed by atoms with Gasteiger partial charge in [-0.1, -0.05) is 0 Å². The molecule has 0 saturated heterocycles. The Labute approximate surface area is 127 Å². The van der Waals surface area contributed by atoms with E-state index in [2.05, 4.69) is 25.7 Å². The molecule has 2 N–H and O–H groups in total. The Balaban J connectivity index is 1.93. The Morgan fingerprint density at radius 3 is 2.86 bits per heavy atom. The quantitative estimate of drug-likeness (QED) is 0.768. The van der Waals surface area contributed by atoms with E-state index in [1.807, 2.05) is 43.6 Å². The van der Waals surface area contributed by atoms with Crippen molar-refractivity contribution in [3.63, 3.8) is 0 Å². The van der Waals surface area contributed by atoms with Gasteiger partial charge in [-0.2, -0.15) is 5.10 Å². The molecule has 0 aliphatic heterocycles. The summed E-state index contributed by atoms with van der Waals surface area (Å²) in [5, 5.41) is 9.60. The molecule has 0 aromatic carbocycles. The van der Waals surface area contributed by atoms with E-state index in [9.17, 15) is 4.79 Å². The van der Waals surface area contributed by atoms with Crippen LogP contribution < -0.4 is 10.6 Å². The standard InChI is InChI=1S/C14H17N7O/c1-4-15-14(22)18-11-8-21-6-5-10(7-12(21)17-11)13-16-9(2)19-20(13)3/h5-8H,4H2,1-3H3,(H2,15,18,22). The van der Waals surface area contributed by atoms with Crippen molar-refractivity contribution in [2.75, 3.05) is 11.9 Å². The lowest BCUT2D eigenvalue weighted by Crippen LogP contribution is -2.28. The van der Waals surface area contributed by atoms with Crippen molar-refractivity contribution in [2.45, 2.75) is 13.8 Å². The summed E-state index contributed by atoms with van der Waals surface area (Å²) in [5.74, 6) is 2.00. The fourth-order valence-electron chi connectivity index (χ4n) is 2.27. The summed E-state index contributed by atoms with van der Waals surface area (Å²) < 4.78 is 3.58. The second-order valence-electron chi connectivity index (χ2n) is 4.90. The van der Waals surface area contributed by atoms with Crippen molar-refractivity contribution in [3.8, 4) is 11.4 Å². The summed E-state index contributed by atoms with van der Waals surface area (Å²) >= 11 is 0. The SMILES string of the molecule is CCNC(=O)Nc1cn2ccc(-c3nc(C)nn3C)cc2n1. The van der Waals surface area contributed by atoms with Gasteiger partial charge in [0.2, 0.25) is 0 Å². The molecule has 8 heteroatoms. The molecule has 0 unspecified atom stereocenters. The topological polar surface area (TPSA) is 89.1 Å². The highest BCUT2D eigenvalue weighted by atomic mass is 16.2. The van der Waals surface area contributed by atoms with Crippen LogP contribution in [0.3, 0.4) is 0 Å². The number of carbonyl (C=O) groups is 1. The first-order valence-electron chi connectivity index (χ1n) is 6.98. The molecule has 0 aliphatic rings. The van der Waals surface area contributed by atoms with E-state index < -0.39 is 0 Å². The molecule has 0 spiro atoms.